The van der Waals surface area contributed by atoms with Gasteiger partial charge in [0.2, 0.25) is 0 Å². The average molecular weight is 285 g/mol. The average Bonchev–Trinajstić information content (AvgIpc) is 2.44. The van der Waals surface area contributed by atoms with Crippen LogP contribution in [0, 0.1) is 5.41 Å². The molecule has 2 unspecified atom stereocenters. The van der Waals surface area contributed by atoms with Gasteiger partial charge in [-0.1, -0.05) is 13.8 Å². The van der Waals surface area contributed by atoms with Gasteiger partial charge in [-0.3, -0.25) is 0 Å². The van der Waals surface area contributed by atoms with Crippen LogP contribution in [0.1, 0.15) is 52.9 Å². The molecule has 4 heteroatoms. The lowest BCUT2D eigenvalue weighted by Crippen LogP contribution is -2.65. The van der Waals surface area contributed by atoms with Crippen LogP contribution < -0.4 is 5.32 Å². The van der Waals surface area contributed by atoms with Gasteiger partial charge in [-0.05, 0) is 26.2 Å². The molecular formula is C16H31NO3. The van der Waals surface area contributed by atoms with E-state index in [1.54, 1.807) is 0 Å². The van der Waals surface area contributed by atoms with Gasteiger partial charge >= 0.3 is 0 Å². The lowest BCUT2D eigenvalue weighted by Gasteiger charge is -2.56. The van der Waals surface area contributed by atoms with Crippen molar-refractivity contribution in [1.82, 2.24) is 5.32 Å². The Kier molecular flexibility index (Phi) is 5.46. The smallest absolute Gasteiger partial charge is 0.0815 e. The van der Waals surface area contributed by atoms with Crippen LogP contribution in [0.25, 0.3) is 0 Å². The Labute approximate surface area is 123 Å². The third kappa shape index (κ3) is 3.03. The summed E-state index contributed by atoms with van der Waals surface area (Å²) in [5.41, 5.74) is -0.334. The third-order valence-electron chi connectivity index (χ3n) is 5.57. The number of hydrogen-bond donors (Lipinski definition) is 2. The van der Waals surface area contributed by atoms with Crippen LogP contribution in [-0.2, 0) is 9.47 Å². The molecule has 2 rings (SSSR count). The predicted octanol–water partition coefficient (Wildman–Crippen LogP) is 2.10. The highest BCUT2D eigenvalue weighted by Crippen LogP contribution is 2.49. The summed E-state index contributed by atoms with van der Waals surface area (Å²) in [6, 6.07) is 0.473. The molecule has 118 valence electrons. The van der Waals surface area contributed by atoms with Gasteiger partial charge in [-0.25, -0.2) is 0 Å². The lowest BCUT2D eigenvalue weighted by atomic mass is 9.58. The van der Waals surface area contributed by atoms with Crippen molar-refractivity contribution in [2.24, 2.45) is 5.41 Å². The fourth-order valence-corrected chi connectivity index (χ4v) is 3.91. The van der Waals surface area contributed by atoms with Crippen LogP contribution in [0.2, 0.25) is 0 Å². The molecule has 2 atom stereocenters. The van der Waals surface area contributed by atoms with Crippen LogP contribution in [0.4, 0.5) is 0 Å². The maximum Gasteiger partial charge on any atom is 0.0815 e. The van der Waals surface area contributed by atoms with E-state index in [4.69, 9.17) is 9.47 Å². The topological polar surface area (TPSA) is 50.7 Å². The Bertz CT molecular complexity index is 298. The first-order valence-corrected chi connectivity index (χ1v) is 8.25. The SMILES string of the molecule is CCOC1CC(NCC2(O)CCOCC2)C1(CC)CC. The Hall–Kier alpha value is -0.160. The molecule has 2 N–H and O–H groups in total. The van der Waals surface area contributed by atoms with Gasteiger partial charge in [-0.2, -0.15) is 0 Å². The summed E-state index contributed by atoms with van der Waals surface area (Å²) in [6.07, 6.45) is 5.20. The van der Waals surface area contributed by atoms with E-state index in [1.165, 1.54) is 0 Å². The van der Waals surface area contributed by atoms with Crippen LogP contribution in [-0.4, -0.2) is 49.2 Å². The lowest BCUT2D eigenvalue weighted by molar-refractivity contribution is -0.144. The van der Waals surface area contributed by atoms with Crippen molar-refractivity contribution in [3.05, 3.63) is 0 Å². The molecule has 0 spiro atoms. The summed E-state index contributed by atoms with van der Waals surface area (Å²) < 4.78 is 11.2. The zero-order valence-corrected chi connectivity index (χ0v) is 13.3. The Morgan fingerprint density at radius 3 is 2.40 bits per heavy atom. The Balaban J connectivity index is 1.89. The first-order chi connectivity index (χ1) is 9.60. The van der Waals surface area contributed by atoms with Gasteiger partial charge in [0.15, 0.2) is 0 Å². The van der Waals surface area contributed by atoms with Crippen molar-refractivity contribution in [3.8, 4) is 0 Å². The van der Waals surface area contributed by atoms with Crippen molar-refractivity contribution in [3.63, 3.8) is 0 Å². The summed E-state index contributed by atoms with van der Waals surface area (Å²) >= 11 is 0. The summed E-state index contributed by atoms with van der Waals surface area (Å²) in [5, 5.41) is 14.2. The maximum atomic E-state index is 10.6. The molecule has 0 amide bonds. The molecule has 4 nitrogen and oxygen atoms in total. The maximum absolute atomic E-state index is 10.6. The highest BCUT2D eigenvalue weighted by molar-refractivity contribution is 5.07. The van der Waals surface area contributed by atoms with Gasteiger partial charge < -0.3 is 19.9 Å². The van der Waals surface area contributed by atoms with E-state index in [0.717, 1.165) is 38.7 Å². The zero-order chi connectivity index (χ0) is 14.6. The fourth-order valence-electron chi connectivity index (χ4n) is 3.91. The second-order valence-corrected chi connectivity index (χ2v) is 6.39. The minimum atomic E-state index is -0.581. The van der Waals surface area contributed by atoms with Crippen molar-refractivity contribution in [2.45, 2.75) is 70.6 Å². The molecule has 2 aliphatic rings. The molecule has 1 aliphatic carbocycles. The number of hydrogen-bond acceptors (Lipinski definition) is 4. The van der Waals surface area contributed by atoms with Crippen molar-refractivity contribution in [1.29, 1.82) is 0 Å². The van der Waals surface area contributed by atoms with Crippen molar-refractivity contribution < 1.29 is 14.6 Å². The van der Waals surface area contributed by atoms with E-state index in [0.29, 0.717) is 31.9 Å². The van der Waals surface area contributed by atoms with Gasteiger partial charge in [0.1, 0.15) is 0 Å². The molecule has 1 heterocycles. The normalized spacial score (nSPS) is 31.8. The minimum absolute atomic E-state index is 0.248. The van der Waals surface area contributed by atoms with Crippen molar-refractivity contribution in [2.75, 3.05) is 26.4 Å². The molecule has 1 saturated carbocycles. The standard InChI is InChI=1S/C16H31NO3/c1-4-16(5-2)13(11-14(16)20-6-3)17-12-15(18)7-9-19-10-8-15/h13-14,17-18H,4-12H2,1-3H3. The molecule has 0 aromatic heterocycles. The summed E-state index contributed by atoms with van der Waals surface area (Å²) in [5.74, 6) is 0. The zero-order valence-electron chi connectivity index (χ0n) is 13.3. The van der Waals surface area contributed by atoms with E-state index >= 15 is 0 Å². The number of aliphatic hydroxyl groups is 1. The van der Waals surface area contributed by atoms with Crippen molar-refractivity contribution >= 4 is 0 Å². The van der Waals surface area contributed by atoms with Gasteiger partial charge in [0.05, 0.1) is 11.7 Å². The molecule has 20 heavy (non-hydrogen) atoms. The highest BCUT2D eigenvalue weighted by Gasteiger charge is 2.53. The first-order valence-electron chi connectivity index (χ1n) is 8.25. The van der Waals surface area contributed by atoms with Crippen LogP contribution in [0.5, 0.6) is 0 Å². The Morgan fingerprint density at radius 1 is 1.20 bits per heavy atom. The van der Waals surface area contributed by atoms with Crippen LogP contribution in [0.3, 0.4) is 0 Å². The molecule has 2 fully saturated rings. The molecule has 0 radical (unpaired) electrons. The minimum Gasteiger partial charge on any atom is -0.388 e. The molecule has 1 saturated heterocycles. The summed E-state index contributed by atoms with van der Waals surface area (Å²) in [6.45, 7) is 9.41. The van der Waals surface area contributed by atoms with Crippen LogP contribution >= 0.6 is 0 Å². The first kappa shape index (κ1) is 16.2. The largest absolute Gasteiger partial charge is 0.388 e. The van der Waals surface area contributed by atoms with E-state index < -0.39 is 5.60 Å². The molecule has 0 aromatic carbocycles. The second kappa shape index (κ2) is 6.73. The van der Waals surface area contributed by atoms with E-state index in [1.807, 2.05) is 0 Å². The van der Waals surface area contributed by atoms with Gasteiger partial charge in [0.25, 0.3) is 0 Å². The third-order valence-corrected chi connectivity index (χ3v) is 5.57. The number of ether oxygens (including phenoxy) is 2. The predicted molar refractivity (Wildman–Crippen MR) is 79.8 cm³/mol. The van der Waals surface area contributed by atoms with Gasteiger partial charge in [0, 0.05) is 50.7 Å². The van der Waals surface area contributed by atoms with E-state index in [-0.39, 0.29) is 5.41 Å². The molecule has 1 aliphatic heterocycles. The molecular weight excluding hydrogens is 254 g/mol. The van der Waals surface area contributed by atoms with Gasteiger partial charge in [-0.15, -0.1) is 0 Å². The van der Waals surface area contributed by atoms with E-state index in [2.05, 4.69) is 26.1 Å². The number of nitrogens with one attached hydrogen (secondary N) is 1. The molecule has 0 aromatic rings. The fraction of sp³-hybridized carbons (Fsp3) is 1.00. The second-order valence-electron chi connectivity index (χ2n) is 6.39. The molecule has 0 bridgehead atoms. The summed E-state index contributed by atoms with van der Waals surface area (Å²) in [4.78, 5) is 0. The quantitative estimate of drug-likeness (QED) is 0.752. The summed E-state index contributed by atoms with van der Waals surface area (Å²) in [7, 11) is 0. The van der Waals surface area contributed by atoms with Crippen LogP contribution in [0.15, 0.2) is 0 Å². The van der Waals surface area contributed by atoms with E-state index in [9.17, 15) is 5.11 Å². The monoisotopic (exact) mass is 285 g/mol. The Morgan fingerprint density at radius 2 is 1.85 bits per heavy atom. The highest BCUT2D eigenvalue weighted by atomic mass is 16.5. The number of rotatable bonds is 7.